The van der Waals surface area contributed by atoms with Crippen LogP contribution in [0.3, 0.4) is 0 Å². The molecule has 0 saturated heterocycles. The number of nitrogens with zero attached hydrogens (tertiary/aromatic N) is 1. The molecule has 0 saturated carbocycles. The number of aromatic nitrogens is 1. The van der Waals surface area contributed by atoms with Crippen molar-refractivity contribution < 1.29 is 0 Å². The summed E-state index contributed by atoms with van der Waals surface area (Å²) in [6.07, 6.45) is 1.72. The van der Waals surface area contributed by atoms with Crippen LogP contribution in [0.5, 0.6) is 0 Å². The van der Waals surface area contributed by atoms with E-state index in [2.05, 4.69) is 4.98 Å². The van der Waals surface area contributed by atoms with E-state index in [1.165, 1.54) is 0 Å². The topological polar surface area (TPSA) is 12.9 Å². The summed E-state index contributed by atoms with van der Waals surface area (Å²) in [4.78, 5) is 4.83. The summed E-state index contributed by atoms with van der Waals surface area (Å²) >= 11 is 4.86. The van der Waals surface area contributed by atoms with Crippen LogP contribution in [0.25, 0.3) is 0 Å². The standard InChI is InChI=1S/C6H6NS/c1-5-4-6(8)2-3-7-5/h2-4H,1H3. The van der Waals surface area contributed by atoms with Crippen molar-refractivity contribution in [2.45, 2.75) is 11.8 Å². The largest absolute Gasteiger partial charge is 0.262 e. The van der Waals surface area contributed by atoms with Crippen molar-refractivity contribution in [1.82, 2.24) is 4.98 Å². The summed E-state index contributed by atoms with van der Waals surface area (Å²) in [5.41, 5.74) is 0.984. The van der Waals surface area contributed by atoms with E-state index in [1.54, 1.807) is 6.20 Å². The average molecular weight is 124 g/mol. The predicted octanol–water partition coefficient (Wildman–Crippen LogP) is 1.95. The van der Waals surface area contributed by atoms with Crippen LogP contribution < -0.4 is 0 Å². The zero-order chi connectivity index (χ0) is 5.98. The normalized spacial score (nSPS) is 9.12. The first-order valence-corrected chi connectivity index (χ1v) is 2.79. The molecule has 0 bridgehead atoms. The van der Waals surface area contributed by atoms with Crippen molar-refractivity contribution >= 4 is 12.6 Å². The lowest BCUT2D eigenvalue weighted by Gasteiger charge is -1.88. The molecule has 1 heterocycles. The van der Waals surface area contributed by atoms with Gasteiger partial charge in [0, 0.05) is 16.8 Å². The van der Waals surface area contributed by atoms with Crippen molar-refractivity contribution in [3.63, 3.8) is 0 Å². The van der Waals surface area contributed by atoms with Crippen LogP contribution in [0.4, 0.5) is 0 Å². The quantitative estimate of drug-likeness (QED) is 0.515. The summed E-state index contributed by atoms with van der Waals surface area (Å²) in [6.45, 7) is 1.93. The Kier molecular flexibility index (Phi) is 1.44. The zero-order valence-corrected chi connectivity index (χ0v) is 5.40. The smallest absolute Gasteiger partial charge is 0.0410 e. The fourth-order valence-corrected chi connectivity index (χ4v) is 0.751. The van der Waals surface area contributed by atoms with E-state index in [1.807, 2.05) is 19.1 Å². The van der Waals surface area contributed by atoms with Crippen molar-refractivity contribution in [2.24, 2.45) is 0 Å². The Morgan fingerprint density at radius 2 is 2.38 bits per heavy atom. The fourth-order valence-electron chi connectivity index (χ4n) is 0.520. The molecular formula is C6H6NS. The Labute approximate surface area is 54.2 Å². The molecule has 1 nitrogen and oxygen atoms in total. The predicted molar refractivity (Wildman–Crippen MR) is 34.8 cm³/mol. The molecule has 0 unspecified atom stereocenters. The average Bonchev–Trinajstić information content (AvgIpc) is 1.64. The Balaban J connectivity index is 3.08. The Bertz CT molecular complexity index is 168. The second-order valence-electron chi connectivity index (χ2n) is 1.63. The number of aryl methyl sites for hydroxylation is 1. The molecule has 1 aromatic heterocycles. The van der Waals surface area contributed by atoms with Crippen molar-refractivity contribution in [3.8, 4) is 0 Å². The first-order chi connectivity index (χ1) is 3.79. The molecule has 2 heteroatoms. The first kappa shape index (κ1) is 5.51. The maximum absolute atomic E-state index is 4.86. The maximum atomic E-state index is 4.86. The van der Waals surface area contributed by atoms with Gasteiger partial charge in [-0.05, 0) is 19.1 Å². The highest BCUT2D eigenvalue weighted by Gasteiger charge is 1.84. The molecule has 1 radical (unpaired) electrons. The van der Waals surface area contributed by atoms with E-state index < -0.39 is 0 Å². The molecule has 0 aliphatic rings. The molecule has 8 heavy (non-hydrogen) atoms. The van der Waals surface area contributed by atoms with Crippen molar-refractivity contribution in [2.75, 3.05) is 0 Å². The summed E-state index contributed by atoms with van der Waals surface area (Å²) < 4.78 is 0. The number of hydrogen-bond donors (Lipinski definition) is 0. The lowest BCUT2D eigenvalue weighted by atomic mass is 10.4. The van der Waals surface area contributed by atoms with E-state index in [4.69, 9.17) is 12.6 Å². The molecule has 1 rings (SSSR count). The van der Waals surface area contributed by atoms with Crippen LogP contribution in [-0.2, 0) is 0 Å². The molecule has 41 valence electrons. The van der Waals surface area contributed by atoms with E-state index in [9.17, 15) is 0 Å². The Morgan fingerprint density at radius 1 is 1.62 bits per heavy atom. The zero-order valence-electron chi connectivity index (χ0n) is 4.59. The first-order valence-electron chi connectivity index (χ1n) is 2.39. The maximum Gasteiger partial charge on any atom is 0.0410 e. The van der Waals surface area contributed by atoms with Gasteiger partial charge >= 0.3 is 0 Å². The minimum atomic E-state index is 0.859. The minimum absolute atomic E-state index is 0.859. The molecule has 0 N–H and O–H groups in total. The van der Waals surface area contributed by atoms with Gasteiger partial charge in [-0.2, -0.15) is 0 Å². The fraction of sp³-hybridized carbons (Fsp3) is 0.167. The molecule has 0 spiro atoms. The third kappa shape index (κ3) is 1.17. The number of rotatable bonds is 0. The Hall–Kier alpha value is -0.630. The van der Waals surface area contributed by atoms with E-state index in [0.29, 0.717) is 0 Å². The lowest BCUT2D eigenvalue weighted by molar-refractivity contribution is 1.16. The van der Waals surface area contributed by atoms with E-state index >= 15 is 0 Å². The summed E-state index contributed by atoms with van der Waals surface area (Å²) in [6, 6.07) is 3.68. The third-order valence-corrected chi connectivity index (χ3v) is 1.12. The molecular weight excluding hydrogens is 118 g/mol. The molecule has 0 amide bonds. The van der Waals surface area contributed by atoms with E-state index in [0.717, 1.165) is 10.6 Å². The molecule has 0 aromatic carbocycles. The van der Waals surface area contributed by atoms with Crippen molar-refractivity contribution in [1.29, 1.82) is 0 Å². The molecule has 0 aliphatic carbocycles. The van der Waals surface area contributed by atoms with Gasteiger partial charge in [0.1, 0.15) is 0 Å². The van der Waals surface area contributed by atoms with Gasteiger partial charge < -0.3 is 0 Å². The van der Waals surface area contributed by atoms with Crippen LogP contribution in [0.2, 0.25) is 0 Å². The van der Waals surface area contributed by atoms with Crippen LogP contribution in [0.1, 0.15) is 5.69 Å². The second-order valence-corrected chi connectivity index (χ2v) is 2.10. The minimum Gasteiger partial charge on any atom is -0.262 e. The summed E-state index contributed by atoms with van der Waals surface area (Å²) in [5, 5.41) is 0. The van der Waals surface area contributed by atoms with Gasteiger partial charge in [0.05, 0.1) is 0 Å². The highest BCUT2D eigenvalue weighted by molar-refractivity contribution is 7.80. The number of hydrogen-bond acceptors (Lipinski definition) is 1. The molecule has 1 aromatic rings. The SMILES string of the molecule is Cc1cc([S])ccn1. The van der Waals surface area contributed by atoms with Crippen LogP contribution in [0, 0.1) is 6.92 Å². The van der Waals surface area contributed by atoms with Gasteiger partial charge in [0.15, 0.2) is 0 Å². The van der Waals surface area contributed by atoms with Crippen LogP contribution in [0.15, 0.2) is 23.2 Å². The van der Waals surface area contributed by atoms with Crippen molar-refractivity contribution in [3.05, 3.63) is 24.0 Å². The molecule has 0 atom stereocenters. The van der Waals surface area contributed by atoms with Gasteiger partial charge in [0.25, 0.3) is 0 Å². The number of pyridine rings is 1. The van der Waals surface area contributed by atoms with E-state index in [-0.39, 0.29) is 0 Å². The van der Waals surface area contributed by atoms with Gasteiger partial charge in [-0.1, -0.05) is 12.6 Å². The second kappa shape index (κ2) is 2.09. The molecule has 0 fully saturated rings. The van der Waals surface area contributed by atoms with Crippen LogP contribution in [-0.4, -0.2) is 4.98 Å². The highest BCUT2D eigenvalue weighted by atomic mass is 32.1. The van der Waals surface area contributed by atoms with Gasteiger partial charge in [-0.3, -0.25) is 4.98 Å². The monoisotopic (exact) mass is 124 g/mol. The summed E-state index contributed by atoms with van der Waals surface area (Å²) in [7, 11) is 0. The Morgan fingerprint density at radius 3 is 2.75 bits per heavy atom. The summed E-state index contributed by atoms with van der Waals surface area (Å²) in [5.74, 6) is 0. The lowest BCUT2D eigenvalue weighted by Crippen LogP contribution is -1.76. The van der Waals surface area contributed by atoms with Crippen LogP contribution >= 0.6 is 12.6 Å². The highest BCUT2D eigenvalue weighted by Crippen LogP contribution is 2.03. The molecule has 0 aliphatic heterocycles. The van der Waals surface area contributed by atoms with Gasteiger partial charge in [-0.25, -0.2) is 0 Å². The van der Waals surface area contributed by atoms with Gasteiger partial charge in [0.2, 0.25) is 0 Å². The van der Waals surface area contributed by atoms with Gasteiger partial charge in [-0.15, -0.1) is 0 Å². The third-order valence-electron chi connectivity index (χ3n) is 0.868.